The second-order valence-electron chi connectivity index (χ2n) is 4.36. The van der Waals surface area contributed by atoms with Crippen LogP contribution in [-0.2, 0) is 4.74 Å². The van der Waals surface area contributed by atoms with Gasteiger partial charge in [0, 0.05) is 12.4 Å². The largest absolute Gasteiger partial charge is 0.359 e. The van der Waals surface area contributed by atoms with Crippen LogP contribution in [0, 0.1) is 0 Å². The van der Waals surface area contributed by atoms with Crippen molar-refractivity contribution >= 4 is 11.6 Å². The Morgan fingerprint density at radius 3 is 2.67 bits per heavy atom. The third-order valence-electron chi connectivity index (χ3n) is 3.40. The number of aromatic nitrogens is 2. The molecule has 1 aliphatic carbocycles. The number of hydrogen-bond acceptors (Lipinski definition) is 3. The minimum Gasteiger partial charge on any atom is -0.359 e. The maximum absolute atomic E-state index is 6.01. The molecule has 1 aliphatic heterocycles. The third kappa shape index (κ3) is 1.54. The van der Waals surface area contributed by atoms with Gasteiger partial charge in [-0.3, -0.25) is 4.98 Å². The van der Waals surface area contributed by atoms with Crippen molar-refractivity contribution in [3.8, 4) is 0 Å². The van der Waals surface area contributed by atoms with Gasteiger partial charge in [-0.05, 0) is 12.8 Å². The molecule has 0 aromatic carbocycles. The zero-order valence-corrected chi connectivity index (χ0v) is 9.20. The Labute approximate surface area is 93.8 Å². The summed E-state index contributed by atoms with van der Waals surface area (Å²) in [6.45, 7) is 0. The fourth-order valence-corrected chi connectivity index (χ4v) is 2.75. The molecular weight excluding hydrogens is 212 g/mol. The van der Waals surface area contributed by atoms with E-state index < -0.39 is 0 Å². The zero-order valence-electron chi connectivity index (χ0n) is 8.45. The van der Waals surface area contributed by atoms with Gasteiger partial charge < -0.3 is 4.74 Å². The van der Waals surface area contributed by atoms with E-state index in [4.69, 9.17) is 16.3 Å². The van der Waals surface area contributed by atoms with E-state index in [2.05, 4.69) is 9.97 Å². The Morgan fingerprint density at radius 1 is 1.20 bits per heavy atom. The lowest BCUT2D eigenvalue weighted by Crippen LogP contribution is -2.17. The molecule has 1 saturated carbocycles. The van der Waals surface area contributed by atoms with Gasteiger partial charge in [0.1, 0.15) is 17.4 Å². The highest BCUT2D eigenvalue weighted by Crippen LogP contribution is 2.57. The van der Waals surface area contributed by atoms with Crippen LogP contribution in [0.2, 0.25) is 5.15 Å². The number of ether oxygens (including phenoxy) is 1. The summed E-state index contributed by atoms with van der Waals surface area (Å²) >= 11 is 6.01. The standard InChI is InChI=1S/C11H13ClN2O/c12-10-8(13-6-7-14-10)9-11(15-9)4-2-1-3-5-11/h6-7,9H,1-5H2. The van der Waals surface area contributed by atoms with Crippen molar-refractivity contribution in [1.82, 2.24) is 9.97 Å². The average Bonchev–Trinajstić information content (AvgIpc) is 2.94. The average molecular weight is 225 g/mol. The van der Waals surface area contributed by atoms with Crippen LogP contribution in [0.5, 0.6) is 0 Å². The molecule has 3 nitrogen and oxygen atoms in total. The Hall–Kier alpha value is -0.670. The highest BCUT2D eigenvalue weighted by Gasteiger charge is 2.58. The van der Waals surface area contributed by atoms with Gasteiger partial charge in [0.25, 0.3) is 0 Å². The normalized spacial score (nSPS) is 27.9. The fraction of sp³-hybridized carbons (Fsp3) is 0.636. The van der Waals surface area contributed by atoms with Crippen LogP contribution in [0.25, 0.3) is 0 Å². The number of epoxide rings is 1. The van der Waals surface area contributed by atoms with E-state index in [0.29, 0.717) is 5.15 Å². The number of nitrogens with zero attached hydrogens (tertiary/aromatic N) is 2. The van der Waals surface area contributed by atoms with Gasteiger partial charge in [-0.1, -0.05) is 30.9 Å². The first-order valence-electron chi connectivity index (χ1n) is 5.46. The second-order valence-corrected chi connectivity index (χ2v) is 4.71. The predicted octanol–water partition coefficient (Wildman–Crippen LogP) is 2.90. The summed E-state index contributed by atoms with van der Waals surface area (Å²) in [7, 11) is 0. The van der Waals surface area contributed by atoms with Crippen molar-refractivity contribution in [1.29, 1.82) is 0 Å². The maximum Gasteiger partial charge on any atom is 0.153 e. The van der Waals surface area contributed by atoms with Crippen molar-refractivity contribution in [2.24, 2.45) is 0 Å². The van der Waals surface area contributed by atoms with Gasteiger partial charge in [0.15, 0.2) is 5.15 Å². The molecule has 80 valence electrons. The molecule has 0 radical (unpaired) electrons. The van der Waals surface area contributed by atoms with Gasteiger partial charge in [-0.15, -0.1) is 0 Å². The third-order valence-corrected chi connectivity index (χ3v) is 3.69. The van der Waals surface area contributed by atoms with Crippen molar-refractivity contribution in [2.75, 3.05) is 0 Å². The Morgan fingerprint density at radius 2 is 1.93 bits per heavy atom. The van der Waals surface area contributed by atoms with E-state index in [1.54, 1.807) is 12.4 Å². The van der Waals surface area contributed by atoms with E-state index in [1.165, 1.54) is 19.3 Å². The van der Waals surface area contributed by atoms with E-state index in [1.807, 2.05) is 0 Å². The van der Waals surface area contributed by atoms with Crippen LogP contribution >= 0.6 is 11.6 Å². The smallest absolute Gasteiger partial charge is 0.153 e. The molecule has 3 rings (SSSR count). The van der Waals surface area contributed by atoms with Gasteiger partial charge in [-0.25, -0.2) is 4.98 Å². The maximum atomic E-state index is 6.01. The van der Waals surface area contributed by atoms with Crippen LogP contribution in [-0.4, -0.2) is 15.6 Å². The highest BCUT2D eigenvalue weighted by molar-refractivity contribution is 6.30. The van der Waals surface area contributed by atoms with Gasteiger partial charge in [0.05, 0.1) is 0 Å². The summed E-state index contributed by atoms with van der Waals surface area (Å²) in [5, 5.41) is 0.491. The monoisotopic (exact) mass is 224 g/mol. The van der Waals surface area contributed by atoms with E-state index in [9.17, 15) is 0 Å². The minimum absolute atomic E-state index is 0.0535. The van der Waals surface area contributed by atoms with Crippen LogP contribution in [0.15, 0.2) is 12.4 Å². The van der Waals surface area contributed by atoms with Gasteiger partial charge in [-0.2, -0.15) is 0 Å². The molecule has 2 aliphatic rings. The SMILES string of the molecule is Clc1nccnc1C1OC12CCCCC2. The van der Waals surface area contributed by atoms with Crippen molar-refractivity contribution in [3.05, 3.63) is 23.2 Å². The molecule has 0 bridgehead atoms. The van der Waals surface area contributed by atoms with E-state index in [-0.39, 0.29) is 11.7 Å². The fourth-order valence-electron chi connectivity index (χ4n) is 2.54. The van der Waals surface area contributed by atoms with E-state index in [0.717, 1.165) is 18.5 Å². The summed E-state index contributed by atoms with van der Waals surface area (Å²) in [6, 6.07) is 0. The molecule has 1 spiro atoms. The molecule has 2 fully saturated rings. The molecule has 1 atom stereocenters. The first-order valence-corrected chi connectivity index (χ1v) is 5.84. The van der Waals surface area contributed by atoms with Crippen LogP contribution in [0.4, 0.5) is 0 Å². The Balaban J connectivity index is 1.84. The Bertz CT molecular complexity index is 377. The van der Waals surface area contributed by atoms with Crippen LogP contribution in [0.1, 0.15) is 43.9 Å². The predicted molar refractivity (Wildman–Crippen MR) is 56.7 cm³/mol. The summed E-state index contributed by atoms with van der Waals surface area (Å²) in [6.07, 6.45) is 9.52. The number of hydrogen-bond donors (Lipinski definition) is 0. The number of halogens is 1. The van der Waals surface area contributed by atoms with Gasteiger partial charge >= 0.3 is 0 Å². The van der Waals surface area contributed by atoms with Crippen molar-refractivity contribution in [3.63, 3.8) is 0 Å². The van der Waals surface area contributed by atoms with Crippen molar-refractivity contribution < 1.29 is 4.74 Å². The quantitative estimate of drug-likeness (QED) is 0.689. The molecule has 1 aromatic rings. The zero-order chi connectivity index (χ0) is 10.3. The van der Waals surface area contributed by atoms with Gasteiger partial charge in [0.2, 0.25) is 0 Å². The summed E-state index contributed by atoms with van der Waals surface area (Å²) in [5.74, 6) is 0. The molecule has 0 N–H and O–H groups in total. The van der Waals surface area contributed by atoms with Crippen molar-refractivity contribution in [2.45, 2.75) is 43.8 Å². The minimum atomic E-state index is 0.0535. The lowest BCUT2D eigenvalue weighted by molar-refractivity contribution is 0.233. The molecular formula is C11H13ClN2O. The van der Waals surface area contributed by atoms with E-state index >= 15 is 0 Å². The molecule has 1 aromatic heterocycles. The van der Waals surface area contributed by atoms with Crippen LogP contribution in [0.3, 0.4) is 0 Å². The summed E-state index contributed by atoms with van der Waals surface area (Å²) in [4.78, 5) is 8.31. The molecule has 2 heterocycles. The lowest BCUT2D eigenvalue weighted by atomic mass is 9.85. The molecule has 15 heavy (non-hydrogen) atoms. The lowest BCUT2D eigenvalue weighted by Gasteiger charge is -2.17. The summed E-state index contributed by atoms with van der Waals surface area (Å²) < 4.78 is 5.83. The highest BCUT2D eigenvalue weighted by atomic mass is 35.5. The first kappa shape index (κ1) is 9.55. The Kier molecular flexibility index (Phi) is 2.18. The topological polar surface area (TPSA) is 38.3 Å². The molecule has 4 heteroatoms. The first-order chi connectivity index (χ1) is 7.32. The molecule has 1 saturated heterocycles. The molecule has 1 unspecified atom stereocenters. The number of rotatable bonds is 1. The van der Waals surface area contributed by atoms with Crippen LogP contribution < -0.4 is 0 Å². The summed E-state index contributed by atoms with van der Waals surface area (Å²) in [5.41, 5.74) is 0.874. The second kappa shape index (κ2) is 3.42. The molecule has 0 amide bonds.